The average molecular weight is 293 g/mol. The van der Waals surface area contributed by atoms with Gasteiger partial charge in [0, 0.05) is 10.5 Å². The van der Waals surface area contributed by atoms with Gasteiger partial charge in [0.25, 0.3) is 0 Å². The summed E-state index contributed by atoms with van der Waals surface area (Å²) in [6, 6.07) is 7.71. The zero-order valence-corrected chi connectivity index (χ0v) is 11.2. The minimum absolute atomic E-state index is 0.462. The number of nitrogens with one attached hydrogen (secondary N) is 1. The minimum Gasteiger partial charge on any atom is -0.384 e. The van der Waals surface area contributed by atoms with Gasteiger partial charge in [-0.25, -0.2) is 9.97 Å². The molecule has 0 aliphatic heterocycles. The normalized spacial score (nSPS) is 10.3. The van der Waals surface area contributed by atoms with Crippen LogP contribution in [0.25, 0.3) is 0 Å². The molecule has 3 N–H and O–H groups in total. The second kappa shape index (κ2) is 4.71. The van der Waals surface area contributed by atoms with Crippen LogP contribution in [0.5, 0.6) is 0 Å². The van der Waals surface area contributed by atoms with E-state index >= 15 is 0 Å². The van der Waals surface area contributed by atoms with Gasteiger partial charge in [0.15, 0.2) is 0 Å². The van der Waals surface area contributed by atoms with E-state index < -0.39 is 0 Å². The average Bonchev–Trinajstić information content (AvgIpc) is 2.23. The Labute approximate surface area is 108 Å². The fourth-order valence-corrected chi connectivity index (χ4v) is 1.90. The number of nitrogens with zero attached hydrogens (tertiary/aromatic N) is 2. The van der Waals surface area contributed by atoms with E-state index in [0.717, 1.165) is 15.7 Å². The monoisotopic (exact) mass is 292 g/mol. The van der Waals surface area contributed by atoms with E-state index in [2.05, 4.69) is 31.2 Å². The lowest BCUT2D eigenvalue weighted by molar-refractivity contribution is 1.06. The van der Waals surface area contributed by atoms with Crippen LogP contribution in [0.4, 0.5) is 17.3 Å². The molecule has 0 atom stereocenters. The van der Waals surface area contributed by atoms with E-state index in [0.29, 0.717) is 17.5 Å². The van der Waals surface area contributed by atoms with Crippen molar-refractivity contribution in [2.75, 3.05) is 11.1 Å². The number of aromatic nitrogens is 2. The highest BCUT2D eigenvalue weighted by atomic mass is 79.9. The Bertz CT molecular complexity index is 534. The minimum atomic E-state index is 0.462. The number of aryl methyl sites for hydroxylation is 2. The molecule has 0 saturated carbocycles. The first-order valence-electron chi connectivity index (χ1n) is 5.19. The molecule has 0 bridgehead atoms. The van der Waals surface area contributed by atoms with Crippen molar-refractivity contribution in [1.29, 1.82) is 0 Å². The lowest BCUT2D eigenvalue weighted by Crippen LogP contribution is -2.01. The highest BCUT2D eigenvalue weighted by Gasteiger charge is 2.04. The fourth-order valence-electron chi connectivity index (χ4n) is 1.54. The Morgan fingerprint density at radius 2 is 2.00 bits per heavy atom. The Balaban J connectivity index is 2.34. The summed E-state index contributed by atoms with van der Waals surface area (Å²) in [5.41, 5.74) is 7.80. The number of benzene rings is 1. The molecule has 0 spiro atoms. The summed E-state index contributed by atoms with van der Waals surface area (Å²) in [5.74, 6) is 1.81. The number of hydrogen-bond acceptors (Lipinski definition) is 4. The molecule has 2 rings (SSSR count). The number of hydrogen-bond donors (Lipinski definition) is 2. The highest BCUT2D eigenvalue weighted by Crippen LogP contribution is 2.28. The van der Waals surface area contributed by atoms with Crippen molar-refractivity contribution in [3.63, 3.8) is 0 Å². The van der Waals surface area contributed by atoms with Crippen LogP contribution in [0.15, 0.2) is 28.7 Å². The van der Waals surface area contributed by atoms with Crippen LogP contribution >= 0.6 is 15.9 Å². The molecule has 1 aromatic heterocycles. The summed E-state index contributed by atoms with van der Waals surface area (Å²) in [4.78, 5) is 8.31. The van der Waals surface area contributed by atoms with E-state index in [1.807, 2.05) is 32.0 Å². The van der Waals surface area contributed by atoms with Crippen molar-refractivity contribution in [2.24, 2.45) is 0 Å². The van der Waals surface area contributed by atoms with Crippen molar-refractivity contribution >= 4 is 33.3 Å². The molecule has 0 saturated heterocycles. The first-order valence-corrected chi connectivity index (χ1v) is 5.99. The number of halogens is 1. The van der Waals surface area contributed by atoms with E-state index in [1.165, 1.54) is 0 Å². The molecular weight excluding hydrogens is 280 g/mol. The van der Waals surface area contributed by atoms with Crippen molar-refractivity contribution in [1.82, 2.24) is 9.97 Å². The predicted octanol–water partition coefficient (Wildman–Crippen LogP) is 3.18. The summed E-state index contributed by atoms with van der Waals surface area (Å²) >= 11 is 3.54. The number of anilines is 3. The summed E-state index contributed by atoms with van der Waals surface area (Å²) < 4.78 is 1.02. The molecule has 4 nitrogen and oxygen atoms in total. The molecule has 17 heavy (non-hydrogen) atoms. The molecule has 0 amide bonds. The third kappa shape index (κ3) is 2.74. The van der Waals surface area contributed by atoms with Crippen LogP contribution in [0.3, 0.4) is 0 Å². The van der Waals surface area contributed by atoms with E-state index in [9.17, 15) is 0 Å². The van der Waals surface area contributed by atoms with Gasteiger partial charge in [-0.3, -0.25) is 0 Å². The zero-order chi connectivity index (χ0) is 12.4. The van der Waals surface area contributed by atoms with E-state index in [-0.39, 0.29) is 0 Å². The van der Waals surface area contributed by atoms with Crippen molar-refractivity contribution in [3.05, 3.63) is 40.1 Å². The smallest absolute Gasteiger partial charge is 0.136 e. The Hall–Kier alpha value is -1.62. The summed E-state index contributed by atoms with van der Waals surface area (Å²) in [5, 5.41) is 3.22. The molecule has 0 radical (unpaired) electrons. The van der Waals surface area contributed by atoms with Gasteiger partial charge in [0.05, 0.1) is 5.69 Å². The van der Waals surface area contributed by atoms with Crippen molar-refractivity contribution in [3.8, 4) is 0 Å². The molecule has 1 heterocycles. The zero-order valence-electron chi connectivity index (χ0n) is 9.66. The Kier molecular flexibility index (Phi) is 3.28. The maximum Gasteiger partial charge on any atom is 0.136 e. The maximum absolute atomic E-state index is 5.68. The molecule has 0 aliphatic rings. The predicted molar refractivity (Wildman–Crippen MR) is 73.3 cm³/mol. The molecule has 1 aromatic carbocycles. The number of nitrogens with two attached hydrogens (primary N) is 1. The van der Waals surface area contributed by atoms with Crippen molar-refractivity contribution in [2.45, 2.75) is 13.8 Å². The number of rotatable bonds is 2. The highest BCUT2D eigenvalue weighted by molar-refractivity contribution is 9.10. The van der Waals surface area contributed by atoms with E-state index in [4.69, 9.17) is 5.73 Å². The second-order valence-electron chi connectivity index (χ2n) is 3.79. The standard InChI is InChI=1S/C12H13BrN4/c1-7-4-3-5-9(12(7)13)17-11-6-10(14)15-8(2)16-11/h3-6H,1-2H3,(H3,14,15,16,17). The van der Waals surface area contributed by atoms with Crippen LogP contribution in [-0.2, 0) is 0 Å². The van der Waals surface area contributed by atoms with Gasteiger partial charge >= 0.3 is 0 Å². The van der Waals surface area contributed by atoms with Gasteiger partial charge in [0.2, 0.25) is 0 Å². The third-order valence-corrected chi connectivity index (χ3v) is 3.36. The molecule has 0 fully saturated rings. The van der Waals surface area contributed by atoms with Crippen LogP contribution in [0.1, 0.15) is 11.4 Å². The maximum atomic E-state index is 5.68. The Morgan fingerprint density at radius 1 is 1.24 bits per heavy atom. The first-order chi connectivity index (χ1) is 8.06. The van der Waals surface area contributed by atoms with Crippen molar-refractivity contribution < 1.29 is 0 Å². The quantitative estimate of drug-likeness (QED) is 0.892. The molecule has 88 valence electrons. The third-order valence-electron chi connectivity index (χ3n) is 2.31. The lowest BCUT2D eigenvalue weighted by Gasteiger charge is -2.10. The van der Waals surface area contributed by atoms with Gasteiger partial charge < -0.3 is 11.1 Å². The van der Waals surface area contributed by atoms with Crippen LogP contribution < -0.4 is 11.1 Å². The summed E-state index contributed by atoms with van der Waals surface area (Å²) in [6.45, 7) is 3.85. The Morgan fingerprint density at radius 3 is 2.71 bits per heavy atom. The number of nitrogen functional groups attached to an aromatic ring is 1. The molecule has 2 aromatic rings. The largest absolute Gasteiger partial charge is 0.384 e. The molecule has 5 heteroatoms. The van der Waals surface area contributed by atoms with E-state index in [1.54, 1.807) is 6.07 Å². The van der Waals surface area contributed by atoms with Crippen LogP contribution in [0.2, 0.25) is 0 Å². The SMILES string of the molecule is Cc1nc(N)cc(Nc2cccc(C)c2Br)n1. The van der Waals surface area contributed by atoms with Gasteiger partial charge in [-0.2, -0.15) is 0 Å². The lowest BCUT2D eigenvalue weighted by atomic mass is 10.2. The van der Waals surface area contributed by atoms with Gasteiger partial charge in [-0.05, 0) is 41.4 Å². The molecule has 0 unspecified atom stereocenters. The molecular formula is C12H13BrN4. The summed E-state index contributed by atoms with van der Waals surface area (Å²) in [7, 11) is 0. The van der Waals surface area contributed by atoms with Gasteiger partial charge in [-0.15, -0.1) is 0 Å². The van der Waals surface area contributed by atoms with Crippen LogP contribution in [0, 0.1) is 13.8 Å². The van der Waals surface area contributed by atoms with Gasteiger partial charge in [-0.1, -0.05) is 12.1 Å². The topological polar surface area (TPSA) is 63.8 Å². The first kappa shape index (κ1) is 11.9. The second-order valence-corrected chi connectivity index (χ2v) is 4.58. The molecule has 0 aliphatic carbocycles. The fraction of sp³-hybridized carbons (Fsp3) is 0.167. The summed E-state index contributed by atoms with van der Waals surface area (Å²) in [6.07, 6.45) is 0. The van der Waals surface area contributed by atoms with Gasteiger partial charge in [0.1, 0.15) is 17.5 Å². The van der Waals surface area contributed by atoms with Crippen LogP contribution in [-0.4, -0.2) is 9.97 Å².